The Kier molecular flexibility index (Phi) is 7.11. The molecule has 0 aliphatic rings. The Labute approximate surface area is 155 Å². The Balaban J connectivity index is 1.71. The molecule has 2 rings (SSSR count). The van der Waals surface area contributed by atoms with Crippen LogP contribution in [0.3, 0.4) is 0 Å². The summed E-state index contributed by atoms with van der Waals surface area (Å²) in [6.45, 7) is 1.02. The number of nitrogens with one attached hydrogen (secondary N) is 2. The van der Waals surface area contributed by atoms with E-state index >= 15 is 0 Å². The quantitative estimate of drug-likeness (QED) is 0.720. The lowest BCUT2D eigenvalue weighted by atomic mass is 10.1. The molecular weight excluding hydrogens is 358 g/mol. The van der Waals surface area contributed by atoms with Crippen molar-refractivity contribution in [2.75, 3.05) is 13.2 Å². The highest BCUT2D eigenvalue weighted by Crippen LogP contribution is 2.10. The number of halogens is 1. The molecule has 136 valence electrons. The first-order valence-corrected chi connectivity index (χ1v) is 8.23. The van der Waals surface area contributed by atoms with Gasteiger partial charge in [0, 0.05) is 11.2 Å². The van der Waals surface area contributed by atoms with Gasteiger partial charge in [-0.3, -0.25) is 19.4 Å². The Morgan fingerprint density at radius 1 is 1.19 bits per heavy atom. The average molecular weight is 376 g/mol. The van der Waals surface area contributed by atoms with Crippen LogP contribution < -0.4 is 10.6 Å². The average Bonchev–Trinajstić information content (AvgIpc) is 2.65. The van der Waals surface area contributed by atoms with Crippen LogP contribution in [0.1, 0.15) is 29.0 Å². The molecule has 0 fully saturated rings. The molecule has 0 aliphatic heterocycles. The van der Waals surface area contributed by atoms with Gasteiger partial charge in [0.2, 0.25) is 0 Å². The fourth-order valence-electron chi connectivity index (χ4n) is 2.08. The Hall–Kier alpha value is -2.93. The van der Waals surface area contributed by atoms with Crippen LogP contribution in [0.25, 0.3) is 0 Å². The molecule has 8 heteroatoms. The highest BCUT2D eigenvalue weighted by molar-refractivity contribution is 6.30. The lowest BCUT2D eigenvalue weighted by Crippen LogP contribution is -2.35. The lowest BCUT2D eigenvalue weighted by Gasteiger charge is -2.14. The SMILES string of the molecule is C[C@@H](NC(=O)COC(=O)CNC(=O)c1cc(Cl)ccn1)c1ccccc1. The minimum atomic E-state index is -0.733. The van der Waals surface area contributed by atoms with Crippen LogP contribution in [0, 0.1) is 0 Å². The van der Waals surface area contributed by atoms with Gasteiger partial charge in [-0.1, -0.05) is 41.9 Å². The zero-order chi connectivity index (χ0) is 18.9. The van der Waals surface area contributed by atoms with Crippen molar-refractivity contribution in [2.24, 2.45) is 0 Å². The molecule has 0 spiro atoms. The maximum absolute atomic E-state index is 11.8. The minimum absolute atomic E-state index is 0.0831. The molecular formula is C18H18ClN3O4. The third-order valence-corrected chi connectivity index (χ3v) is 3.62. The number of hydrogen-bond donors (Lipinski definition) is 2. The third kappa shape index (κ3) is 6.18. The maximum Gasteiger partial charge on any atom is 0.325 e. The van der Waals surface area contributed by atoms with Crippen molar-refractivity contribution >= 4 is 29.4 Å². The van der Waals surface area contributed by atoms with E-state index in [0.29, 0.717) is 5.02 Å². The summed E-state index contributed by atoms with van der Waals surface area (Å²) < 4.78 is 4.84. The summed E-state index contributed by atoms with van der Waals surface area (Å²) in [4.78, 5) is 39.1. The minimum Gasteiger partial charge on any atom is -0.454 e. The number of aromatic nitrogens is 1. The van der Waals surface area contributed by atoms with Gasteiger partial charge in [0.25, 0.3) is 11.8 Å². The Morgan fingerprint density at radius 3 is 2.62 bits per heavy atom. The smallest absolute Gasteiger partial charge is 0.325 e. The van der Waals surface area contributed by atoms with Gasteiger partial charge in [-0.05, 0) is 24.6 Å². The summed E-state index contributed by atoms with van der Waals surface area (Å²) in [6, 6.07) is 12.1. The van der Waals surface area contributed by atoms with Crippen molar-refractivity contribution in [3.63, 3.8) is 0 Å². The summed E-state index contributed by atoms with van der Waals surface area (Å²) in [6.07, 6.45) is 1.38. The van der Waals surface area contributed by atoms with Crippen LogP contribution in [0.2, 0.25) is 5.02 Å². The fraction of sp³-hybridized carbons (Fsp3) is 0.222. The molecule has 1 atom stereocenters. The van der Waals surface area contributed by atoms with E-state index in [0.717, 1.165) is 5.56 Å². The molecule has 7 nitrogen and oxygen atoms in total. The molecule has 0 bridgehead atoms. The second-order valence-corrected chi connectivity index (χ2v) is 5.84. The zero-order valence-corrected chi connectivity index (χ0v) is 14.8. The second-order valence-electron chi connectivity index (χ2n) is 5.40. The van der Waals surface area contributed by atoms with Gasteiger partial charge in [-0.15, -0.1) is 0 Å². The van der Waals surface area contributed by atoms with Crippen molar-refractivity contribution < 1.29 is 19.1 Å². The van der Waals surface area contributed by atoms with Gasteiger partial charge in [0.05, 0.1) is 6.04 Å². The van der Waals surface area contributed by atoms with Gasteiger partial charge in [0.15, 0.2) is 6.61 Å². The maximum atomic E-state index is 11.8. The first kappa shape index (κ1) is 19.4. The van der Waals surface area contributed by atoms with Crippen LogP contribution in [0.4, 0.5) is 0 Å². The summed E-state index contributed by atoms with van der Waals surface area (Å²) in [7, 11) is 0. The number of rotatable bonds is 7. The number of esters is 1. The number of benzene rings is 1. The fourth-order valence-corrected chi connectivity index (χ4v) is 2.24. The molecule has 0 unspecified atom stereocenters. The topological polar surface area (TPSA) is 97.4 Å². The van der Waals surface area contributed by atoms with Crippen LogP contribution in [-0.2, 0) is 14.3 Å². The van der Waals surface area contributed by atoms with E-state index in [1.807, 2.05) is 37.3 Å². The molecule has 2 N–H and O–H groups in total. The van der Waals surface area contributed by atoms with Gasteiger partial charge < -0.3 is 15.4 Å². The molecule has 1 aromatic heterocycles. The van der Waals surface area contributed by atoms with E-state index in [1.165, 1.54) is 18.3 Å². The Morgan fingerprint density at radius 2 is 1.92 bits per heavy atom. The molecule has 26 heavy (non-hydrogen) atoms. The largest absolute Gasteiger partial charge is 0.454 e. The summed E-state index contributed by atoms with van der Waals surface area (Å²) in [5.74, 6) is -1.73. The molecule has 2 aromatic rings. The van der Waals surface area contributed by atoms with Crippen molar-refractivity contribution in [2.45, 2.75) is 13.0 Å². The van der Waals surface area contributed by atoms with E-state index in [4.69, 9.17) is 16.3 Å². The highest BCUT2D eigenvalue weighted by Gasteiger charge is 2.13. The van der Waals surface area contributed by atoms with Crippen LogP contribution in [0.5, 0.6) is 0 Å². The van der Waals surface area contributed by atoms with Crippen LogP contribution >= 0.6 is 11.6 Å². The van der Waals surface area contributed by atoms with E-state index in [9.17, 15) is 14.4 Å². The summed E-state index contributed by atoms with van der Waals surface area (Å²) in [5, 5.41) is 5.43. The van der Waals surface area contributed by atoms with Crippen LogP contribution in [0.15, 0.2) is 48.7 Å². The molecule has 0 aliphatic carbocycles. The molecule has 1 heterocycles. The predicted molar refractivity (Wildman–Crippen MR) is 95.5 cm³/mol. The third-order valence-electron chi connectivity index (χ3n) is 3.39. The van der Waals surface area contributed by atoms with Crippen molar-refractivity contribution in [1.29, 1.82) is 0 Å². The normalized spacial score (nSPS) is 11.3. The van der Waals surface area contributed by atoms with E-state index in [2.05, 4.69) is 15.6 Å². The Bertz CT molecular complexity index is 783. The number of amides is 2. The van der Waals surface area contributed by atoms with Gasteiger partial charge >= 0.3 is 5.97 Å². The zero-order valence-electron chi connectivity index (χ0n) is 14.1. The summed E-state index contributed by atoms with van der Waals surface area (Å²) >= 11 is 5.77. The molecule has 0 saturated carbocycles. The van der Waals surface area contributed by atoms with Crippen LogP contribution in [-0.4, -0.2) is 35.9 Å². The standard InChI is InChI=1S/C18H18ClN3O4/c1-12(13-5-3-2-4-6-13)22-16(23)11-26-17(24)10-21-18(25)15-9-14(19)7-8-20-15/h2-9,12H,10-11H2,1H3,(H,21,25)(H,22,23)/t12-/m1/s1. The van der Waals surface area contributed by atoms with Gasteiger partial charge in [-0.2, -0.15) is 0 Å². The predicted octanol–water partition coefficient (Wildman–Crippen LogP) is 1.89. The van der Waals surface area contributed by atoms with Gasteiger partial charge in [0.1, 0.15) is 12.2 Å². The summed E-state index contributed by atoms with van der Waals surface area (Å²) in [5.41, 5.74) is 1.02. The number of carbonyl (C=O) groups excluding carboxylic acids is 3. The molecule has 1 aromatic carbocycles. The van der Waals surface area contributed by atoms with Gasteiger partial charge in [-0.25, -0.2) is 0 Å². The number of pyridine rings is 1. The number of ether oxygens (including phenoxy) is 1. The van der Waals surface area contributed by atoms with E-state index < -0.39 is 24.4 Å². The van der Waals surface area contributed by atoms with E-state index in [-0.39, 0.29) is 18.3 Å². The molecule has 2 amide bonds. The first-order valence-electron chi connectivity index (χ1n) is 7.85. The van der Waals surface area contributed by atoms with Crippen molar-refractivity contribution in [1.82, 2.24) is 15.6 Å². The lowest BCUT2D eigenvalue weighted by molar-refractivity contribution is -0.147. The number of carbonyl (C=O) groups is 3. The van der Waals surface area contributed by atoms with Crippen molar-refractivity contribution in [3.8, 4) is 0 Å². The molecule has 0 radical (unpaired) electrons. The monoisotopic (exact) mass is 375 g/mol. The highest BCUT2D eigenvalue weighted by atomic mass is 35.5. The number of nitrogens with zero attached hydrogens (tertiary/aromatic N) is 1. The molecule has 0 saturated heterocycles. The van der Waals surface area contributed by atoms with E-state index in [1.54, 1.807) is 0 Å². The first-order chi connectivity index (χ1) is 12.5. The van der Waals surface area contributed by atoms with Crippen molar-refractivity contribution in [3.05, 3.63) is 64.9 Å². The second kappa shape index (κ2) is 9.53. The number of hydrogen-bond acceptors (Lipinski definition) is 5.